The van der Waals surface area contributed by atoms with Crippen molar-refractivity contribution in [1.82, 2.24) is 19.5 Å². The smallest absolute Gasteiger partial charge is 0.338 e. The molecule has 10 nitrogen and oxygen atoms in total. The van der Waals surface area contributed by atoms with E-state index in [-0.39, 0.29) is 36.5 Å². The van der Waals surface area contributed by atoms with Crippen molar-refractivity contribution >= 4 is 28.9 Å². The Labute approximate surface area is 226 Å². The number of benzene rings is 2. The number of esters is 1. The van der Waals surface area contributed by atoms with Gasteiger partial charge in [-0.05, 0) is 56.9 Å². The average Bonchev–Trinajstić information content (AvgIpc) is 3.56. The van der Waals surface area contributed by atoms with Gasteiger partial charge < -0.3 is 24.1 Å². The number of hydrogen-bond donors (Lipinski definition) is 1. The number of carbonyl (C=O) groups excluding carboxylic acids is 2. The van der Waals surface area contributed by atoms with Crippen LogP contribution in [0.5, 0.6) is 0 Å². The average molecular weight is 530 g/mol. The first kappa shape index (κ1) is 26.5. The van der Waals surface area contributed by atoms with E-state index in [1.165, 1.54) is 6.33 Å². The van der Waals surface area contributed by atoms with E-state index in [1.54, 1.807) is 62.0 Å². The van der Waals surface area contributed by atoms with Crippen LogP contribution < -0.4 is 5.32 Å². The molecule has 0 bridgehead atoms. The molecule has 10 heteroatoms. The molecule has 2 aromatic carbocycles. The third kappa shape index (κ3) is 5.97. The molecule has 0 unspecified atom stereocenters. The number of fused-ring (bicyclic) bond motifs is 1. The van der Waals surface area contributed by atoms with Gasteiger partial charge in [-0.1, -0.05) is 36.4 Å². The highest BCUT2D eigenvalue weighted by Crippen LogP contribution is 2.40. The second-order valence-corrected chi connectivity index (χ2v) is 10.00. The van der Waals surface area contributed by atoms with Gasteiger partial charge >= 0.3 is 5.97 Å². The molecule has 2 aromatic heterocycles. The highest BCUT2D eigenvalue weighted by molar-refractivity contribution is 6.06. The minimum absolute atomic E-state index is 0.0526. The van der Waals surface area contributed by atoms with Crippen molar-refractivity contribution in [3.63, 3.8) is 0 Å². The van der Waals surface area contributed by atoms with E-state index in [2.05, 4.69) is 20.3 Å². The topological polar surface area (TPSA) is 117 Å². The Morgan fingerprint density at radius 3 is 2.36 bits per heavy atom. The van der Waals surface area contributed by atoms with Gasteiger partial charge in [0.25, 0.3) is 5.91 Å². The van der Waals surface area contributed by atoms with Crippen LogP contribution in [0.2, 0.25) is 0 Å². The van der Waals surface area contributed by atoms with Crippen molar-refractivity contribution in [2.45, 2.75) is 44.6 Å². The van der Waals surface area contributed by atoms with Crippen LogP contribution in [0.15, 0.2) is 73.3 Å². The number of methoxy groups -OCH3 is 1. The molecular formula is C29H31N5O5. The highest BCUT2D eigenvalue weighted by Gasteiger charge is 2.41. The van der Waals surface area contributed by atoms with Crippen LogP contribution in [0.3, 0.4) is 0 Å². The maximum absolute atomic E-state index is 12.8. The lowest BCUT2D eigenvalue weighted by Gasteiger charge is -2.31. The number of rotatable bonds is 9. The number of imidazole rings is 1. The quantitative estimate of drug-likeness (QED) is 0.246. The van der Waals surface area contributed by atoms with Gasteiger partial charge in [-0.3, -0.25) is 4.79 Å². The lowest BCUT2D eigenvalue weighted by Crippen LogP contribution is -2.35. The Morgan fingerprint density at radius 2 is 1.67 bits per heavy atom. The van der Waals surface area contributed by atoms with Crippen LogP contribution in [-0.4, -0.2) is 57.0 Å². The zero-order valence-electron chi connectivity index (χ0n) is 22.1. The summed E-state index contributed by atoms with van der Waals surface area (Å²) in [7, 11) is 1.60. The standard InChI is InChI=1S/C29H31N5O5/c1-29(2,37-3)39-23-15-19(16-38-28(36)21-12-8-5-9-13-21)14-22(23)34-18-32-24-25(30-17-31-26(24)34)33-27(35)20-10-6-4-7-11-20/h4-13,17-19,22-23H,14-16H2,1-3H3,(H,30,31,33,35)/t19-,22+,23+/m0/s1. The number of nitrogens with one attached hydrogen (secondary N) is 1. The number of ether oxygens (including phenoxy) is 3. The predicted octanol–water partition coefficient (Wildman–Crippen LogP) is 4.65. The number of amides is 1. The van der Waals surface area contributed by atoms with E-state index in [0.29, 0.717) is 41.0 Å². The first-order valence-corrected chi connectivity index (χ1v) is 12.8. The van der Waals surface area contributed by atoms with E-state index >= 15 is 0 Å². The lowest BCUT2D eigenvalue weighted by atomic mass is 10.1. The molecule has 0 aliphatic heterocycles. The van der Waals surface area contributed by atoms with Gasteiger partial charge in [0.2, 0.25) is 0 Å². The van der Waals surface area contributed by atoms with Crippen LogP contribution in [-0.2, 0) is 14.2 Å². The first-order valence-electron chi connectivity index (χ1n) is 12.8. The van der Waals surface area contributed by atoms with Gasteiger partial charge in [-0.15, -0.1) is 0 Å². The molecule has 0 radical (unpaired) electrons. The Morgan fingerprint density at radius 1 is 0.974 bits per heavy atom. The van der Waals surface area contributed by atoms with Crippen molar-refractivity contribution in [1.29, 1.82) is 0 Å². The molecular weight excluding hydrogens is 498 g/mol. The zero-order valence-corrected chi connectivity index (χ0v) is 22.1. The summed E-state index contributed by atoms with van der Waals surface area (Å²) in [4.78, 5) is 38.6. The van der Waals surface area contributed by atoms with Crippen LogP contribution in [0.1, 0.15) is 53.4 Å². The summed E-state index contributed by atoms with van der Waals surface area (Å²) in [6, 6.07) is 17.7. The Kier molecular flexibility index (Phi) is 7.67. The van der Waals surface area contributed by atoms with Gasteiger partial charge in [0, 0.05) is 12.7 Å². The molecule has 5 rings (SSSR count). The predicted molar refractivity (Wildman–Crippen MR) is 144 cm³/mol. The molecule has 0 spiro atoms. The van der Waals surface area contributed by atoms with Crippen LogP contribution >= 0.6 is 0 Å². The molecule has 3 atom stereocenters. The lowest BCUT2D eigenvalue weighted by molar-refractivity contribution is -0.228. The second-order valence-electron chi connectivity index (χ2n) is 10.00. The summed E-state index contributed by atoms with van der Waals surface area (Å²) >= 11 is 0. The number of hydrogen-bond acceptors (Lipinski definition) is 8. The van der Waals surface area contributed by atoms with Crippen LogP contribution in [0, 0.1) is 5.92 Å². The maximum atomic E-state index is 12.8. The Balaban J connectivity index is 1.37. The van der Waals surface area contributed by atoms with Gasteiger partial charge in [0.1, 0.15) is 6.33 Å². The van der Waals surface area contributed by atoms with Crippen molar-refractivity contribution in [2.24, 2.45) is 5.92 Å². The monoisotopic (exact) mass is 529 g/mol. The molecule has 1 amide bonds. The molecule has 1 saturated carbocycles. The SMILES string of the molecule is COC(C)(C)O[C@@H]1C[C@@H](COC(=O)c2ccccc2)C[C@H]1n1cnc2c(NC(=O)c3ccccc3)ncnc21. The summed E-state index contributed by atoms with van der Waals surface area (Å²) in [6.45, 7) is 3.98. The number of aromatic nitrogens is 4. The molecule has 4 aromatic rings. The van der Waals surface area contributed by atoms with E-state index in [9.17, 15) is 9.59 Å². The first-order chi connectivity index (χ1) is 18.8. The summed E-state index contributed by atoms with van der Waals surface area (Å²) in [5.74, 6) is -1.08. The third-order valence-electron chi connectivity index (χ3n) is 6.94. The maximum Gasteiger partial charge on any atom is 0.338 e. The van der Waals surface area contributed by atoms with E-state index in [0.717, 1.165) is 0 Å². The van der Waals surface area contributed by atoms with Gasteiger partial charge in [0.05, 0.1) is 30.6 Å². The molecule has 1 N–H and O–H groups in total. The summed E-state index contributed by atoms with van der Waals surface area (Å²) < 4.78 is 19.5. The molecule has 2 heterocycles. The minimum atomic E-state index is -0.821. The minimum Gasteiger partial charge on any atom is -0.462 e. The molecule has 0 saturated heterocycles. The third-order valence-corrected chi connectivity index (χ3v) is 6.94. The zero-order chi connectivity index (χ0) is 27.4. The van der Waals surface area contributed by atoms with Gasteiger partial charge in [-0.25, -0.2) is 19.7 Å². The second kappa shape index (κ2) is 11.3. The van der Waals surface area contributed by atoms with Crippen molar-refractivity contribution in [2.75, 3.05) is 19.0 Å². The summed E-state index contributed by atoms with van der Waals surface area (Å²) in [5.41, 5.74) is 2.08. The molecule has 1 aliphatic rings. The highest BCUT2D eigenvalue weighted by atomic mass is 16.7. The van der Waals surface area contributed by atoms with E-state index in [1.807, 2.05) is 30.5 Å². The van der Waals surface area contributed by atoms with Gasteiger partial charge in [0.15, 0.2) is 22.8 Å². The number of carbonyl (C=O) groups is 2. The number of anilines is 1. The van der Waals surface area contributed by atoms with E-state index in [4.69, 9.17) is 14.2 Å². The van der Waals surface area contributed by atoms with E-state index < -0.39 is 5.79 Å². The Bertz CT molecular complexity index is 1440. The molecule has 1 aliphatic carbocycles. The fraction of sp³-hybridized carbons (Fsp3) is 0.345. The fourth-order valence-electron chi connectivity index (χ4n) is 4.85. The molecule has 202 valence electrons. The Hall–Kier alpha value is -4.15. The van der Waals surface area contributed by atoms with Crippen LogP contribution in [0.25, 0.3) is 11.2 Å². The largest absolute Gasteiger partial charge is 0.462 e. The van der Waals surface area contributed by atoms with Crippen molar-refractivity contribution < 1.29 is 23.8 Å². The number of nitrogens with zero attached hydrogens (tertiary/aromatic N) is 4. The van der Waals surface area contributed by atoms with Crippen molar-refractivity contribution in [3.05, 3.63) is 84.4 Å². The summed E-state index contributed by atoms with van der Waals surface area (Å²) in [6.07, 6.45) is 4.17. The van der Waals surface area contributed by atoms with Crippen LogP contribution in [0.4, 0.5) is 5.82 Å². The fourth-order valence-corrected chi connectivity index (χ4v) is 4.85. The molecule has 39 heavy (non-hydrogen) atoms. The van der Waals surface area contributed by atoms with Crippen molar-refractivity contribution in [3.8, 4) is 0 Å². The summed E-state index contributed by atoms with van der Waals surface area (Å²) in [5, 5.41) is 2.85. The normalized spacial score (nSPS) is 19.2. The molecule has 1 fully saturated rings. The van der Waals surface area contributed by atoms with Gasteiger partial charge in [-0.2, -0.15) is 0 Å².